The van der Waals surface area contributed by atoms with E-state index in [1.807, 2.05) is 44.2 Å². The van der Waals surface area contributed by atoms with Crippen molar-refractivity contribution in [2.45, 2.75) is 56.9 Å². The maximum Gasteiger partial charge on any atom is 0.244 e. The second-order valence-corrected chi connectivity index (χ2v) is 8.65. The van der Waals surface area contributed by atoms with E-state index >= 15 is 0 Å². The molecule has 0 saturated heterocycles. The number of hydrogen-bond donors (Lipinski definition) is 1. The number of nitrogens with one attached hydrogen (secondary N) is 1. The minimum absolute atomic E-state index is 0.242. The minimum Gasteiger partial charge on any atom is -0.495 e. The van der Waals surface area contributed by atoms with Gasteiger partial charge in [-0.2, -0.15) is 0 Å². The topological polar surface area (TPSA) is 55.4 Å². The zero-order chi connectivity index (χ0) is 18.7. The van der Waals surface area contributed by atoms with Crippen LogP contribution in [0.1, 0.15) is 54.5 Å². The number of fused-ring (bicyclic) bond motifs is 1. The SMILES string of the molecule is CC[C@H](NS(=O)(=O)c1cc2c(cc1OC)CCCC2)c1ccc(C)cc1. The summed E-state index contributed by atoms with van der Waals surface area (Å²) < 4.78 is 34.5. The Kier molecular flexibility index (Phi) is 5.68. The monoisotopic (exact) mass is 373 g/mol. The molecule has 0 aromatic heterocycles. The molecule has 0 saturated carbocycles. The Morgan fingerprint density at radius 3 is 2.27 bits per heavy atom. The van der Waals surface area contributed by atoms with Crippen LogP contribution in [0.5, 0.6) is 5.75 Å². The molecular formula is C21H27NO3S. The van der Waals surface area contributed by atoms with Crippen LogP contribution < -0.4 is 9.46 Å². The van der Waals surface area contributed by atoms with Crippen LogP contribution >= 0.6 is 0 Å². The Hall–Kier alpha value is -1.85. The Morgan fingerprint density at radius 2 is 1.69 bits per heavy atom. The van der Waals surface area contributed by atoms with E-state index in [0.717, 1.165) is 42.4 Å². The lowest BCUT2D eigenvalue weighted by Gasteiger charge is -2.22. The quantitative estimate of drug-likeness (QED) is 0.821. The van der Waals surface area contributed by atoms with Crippen LogP contribution in [0.3, 0.4) is 0 Å². The number of hydrogen-bond acceptors (Lipinski definition) is 3. The van der Waals surface area contributed by atoms with Gasteiger partial charge in [0, 0.05) is 6.04 Å². The van der Waals surface area contributed by atoms with Crippen molar-refractivity contribution in [3.05, 3.63) is 58.7 Å². The van der Waals surface area contributed by atoms with Gasteiger partial charge in [-0.3, -0.25) is 0 Å². The summed E-state index contributed by atoms with van der Waals surface area (Å²) in [6, 6.07) is 11.4. The first-order chi connectivity index (χ1) is 12.4. The van der Waals surface area contributed by atoms with Gasteiger partial charge in [0.15, 0.2) is 0 Å². The highest BCUT2D eigenvalue weighted by molar-refractivity contribution is 7.89. The lowest BCUT2D eigenvalue weighted by Crippen LogP contribution is -2.29. The number of methoxy groups -OCH3 is 1. The molecule has 0 spiro atoms. The highest BCUT2D eigenvalue weighted by Crippen LogP contribution is 2.33. The Morgan fingerprint density at radius 1 is 1.08 bits per heavy atom. The van der Waals surface area contributed by atoms with E-state index in [0.29, 0.717) is 12.2 Å². The molecule has 0 bridgehead atoms. The molecule has 4 nitrogen and oxygen atoms in total. The van der Waals surface area contributed by atoms with E-state index in [1.165, 1.54) is 12.7 Å². The summed E-state index contributed by atoms with van der Waals surface area (Å²) in [6.45, 7) is 4.00. The number of aryl methyl sites for hydroxylation is 3. The molecule has 2 aromatic rings. The van der Waals surface area contributed by atoms with Crippen LogP contribution in [0.2, 0.25) is 0 Å². The first-order valence-corrected chi connectivity index (χ1v) is 10.7. The third-order valence-corrected chi connectivity index (χ3v) is 6.60. The largest absolute Gasteiger partial charge is 0.495 e. The van der Waals surface area contributed by atoms with E-state index < -0.39 is 10.0 Å². The predicted molar refractivity (Wildman–Crippen MR) is 104 cm³/mol. The molecule has 1 aliphatic rings. The highest BCUT2D eigenvalue weighted by atomic mass is 32.2. The Balaban J connectivity index is 1.95. The predicted octanol–water partition coefficient (Wildman–Crippen LogP) is 4.31. The minimum atomic E-state index is -3.68. The van der Waals surface area contributed by atoms with Gasteiger partial charge in [0.25, 0.3) is 0 Å². The molecule has 26 heavy (non-hydrogen) atoms. The molecule has 1 N–H and O–H groups in total. The molecule has 2 aromatic carbocycles. The van der Waals surface area contributed by atoms with Gasteiger partial charge in [-0.25, -0.2) is 13.1 Å². The van der Waals surface area contributed by atoms with Crippen LogP contribution in [0, 0.1) is 6.92 Å². The van der Waals surface area contributed by atoms with Crippen molar-refractivity contribution in [1.82, 2.24) is 4.72 Å². The fourth-order valence-electron chi connectivity index (χ4n) is 3.55. The lowest BCUT2D eigenvalue weighted by atomic mass is 9.92. The summed E-state index contributed by atoms with van der Waals surface area (Å²) in [5.74, 6) is 0.428. The summed E-state index contributed by atoms with van der Waals surface area (Å²) in [6.07, 6.45) is 4.84. The normalized spacial score (nSPS) is 15.3. The zero-order valence-corrected chi connectivity index (χ0v) is 16.5. The average molecular weight is 374 g/mol. The van der Waals surface area contributed by atoms with Gasteiger partial charge in [-0.15, -0.1) is 0 Å². The van der Waals surface area contributed by atoms with Crippen molar-refractivity contribution < 1.29 is 13.2 Å². The zero-order valence-electron chi connectivity index (χ0n) is 15.7. The van der Waals surface area contributed by atoms with E-state index in [9.17, 15) is 8.42 Å². The third-order valence-electron chi connectivity index (χ3n) is 5.10. The molecule has 0 radical (unpaired) electrons. The van der Waals surface area contributed by atoms with Gasteiger partial charge < -0.3 is 4.74 Å². The van der Waals surface area contributed by atoms with Crippen LogP contribution in [0.4, 0.5) is 0 Å². The van der Waals surface area contributed by atoms with Gasteiger partial charge in [0.1, 0.15) is 10.6 Å². The smallest absolute Gasteiger partial charge is 0.244 e. The van der Waals surface area contributed by atoms with Gasteiger partial charge in [0.2, 0.25) is 10.0 Å². The summed E-state index contributed by atoms with van der Waals surface area (Å²) in [4.78, 5) is 0.242. The maximum absolute atomic E-state index is 13.1. The second-order valence-electron chi connectivity index (χ2n) is 6.97. The standard InChI is InChI=1S/C21H27NO3S/c1-4-19(16-11-9-15(2)10-12-16)22-26(23,24)21-14-18-8-6-5-7-17(18)13-20(21)25-3/h9-14,19,22H,4-8H2,1-3H3/t19-/m0/s1. The number of ether oxygens (including phenoxy) is 1. The van der Waals surface area contributed by atoms with Gasteiger partial charge >= 0.3 is 0 Å². The maximum atomic E-state index is 13.1. The molecule has 0 amide bonds. The van der Waals surface area contributed by atoms with Crippen molar-refractivity contribution >= 4 is 10.0 Å². The molecule has 0 fully saturated rings. The van der Waals surface area contributed by atoms with Gasteiger partial charge in [-0.05, 0) is 67.9 Å². The van der Waals surface area contributed by atoms with Crippen molar-refractivity contribution in [1.29, 1.82) is 0 Å². The first kappa shape index (κ1) is 18.9. The molecule has 140 valence electrons. The molecule has 3 rings (SSSR count). The van der Waals surface area contributed by atoms with Crippen molar-refractivity contribution in [3.63, 3.8) is 0 Å². The molecule has 0 unspecified atom stereocenters. The van der Waals surface area contributed by atoms with Crippen LogP contribution in [-0.2, 0) is 22.9 Å². The molecule has 0 heterocycles. The van der Waals surface area contributed by atoms with E-state index in [4.69, 9.17) is 4.74 Å². The van der Waals surface area contributed by atoms with E-state index in [-0.39, 0.29) is 10.9 Å². The van der Waals surface area contributed by atoms with Crippen molar-refractivity contribution in [2.75, 3.05) is 7.11 Å². The summed E-state index contributed by atoms with van der Waals surface area (Å²) >= 11 is 0. The highest BCUT2D eigenvalue weighted by Gasteiger charge is 2.26. The molecule has 5 heteroatoms. The van der Waals surface area contributed by atoms with Crippen LogP contribution in [0.15, 0.2) is 41.3 Å². The molecular weight excluding hydrogens is 346 g/mol. The van der Waals surface area contributed by atoms with E-state index in [1.54, 1.807) is 6.07 Å². The fraction of sp³-hybridized carbons (Fsp3) is 0.429. The first-order valence-electron chi connectivity index (χ1n) is 9.23. The van der Waals surface area contributed by atoms with Gasteiger partial charge in [-0.1, -0.05) is 36.8 Å². The number of benzene rings is 2. The number of rotatable bonds is 6. The fourth-order valence-corrected chi connectivity index (χ4v) is 5.06. The lowest BCUT2D eigenvalue weighted by molar-refractivity contribution is 0.400. The molecule has 1 atom stereocenters. The summed E-state index contributed by atoms with van der Waals surface area (Å²) in [5.41, 5.74) is 4.46. The van der Waals surface area contributed by atoms with Crippen molar-refractivity contribution in [3.8, 4) is 5.75 Å². The molecule has 0 aliphatic heterocycles. The van der Waals surface area contributed by atoms with Crippen molar-refractivity contribution in [2.24, 2.45) is 0 Å². The number of sulfonamides is 1. The Bertz CT molecular complexity index is 873. The van der Waals surface area contributed by atoms with Gasteiger partial charge in [0.05, 0.1) is 7.11 Å². The van der Waals surface area contributed by atoms with Crippen LogP contribution in [0.25, 0.3) is 0 Å². The average Bonchev–Trinajstić information content (AvgIpc) is 2.65. The summed E-state index contributed by atoms with van der Waals surface area (Å²) in [7, 11) is -2.15. The Labute approximate surface area is 156 Å². The third kappa shape index (κ3) is 3.94. The van der Waals surface area contributed by atoms with Crippen LogP contribution in [-0.4, -0.2) is 15.5 Å². The second kappa shape index (κ2) is 7.80. The molecule has 1 aliphatic carbocycles. The summed E-state index contributed by atoms with van der Waals surface area (Å²) in [5, 5.41) is 0. The van der Waals surface area contributed by atoms with E-state index in [2.05, 4.69) is 4.72 Å².